The average molecular weight is 555 g/mol. The minimum absolute atomic E-state index is 0. The maximum atomic E-state index is 12.9. The zero-order valence-corrected chi connectivity index (χ0v) is 20.7. The largest absolute Gasteiger partial charge is 0.416 e. The molecule has 0 amide bonds. The SMILES string of the molecule is CCN(CC)C(CNC(=NC)NCc1ncc(C)s1)c1ccc(C(F)(F)F)cc1.I. The van der Waals surface area contributed by atoms with Gasteiger partial charge in [0.15, 0.2) is 5.96 Å². The van der Waals surface area contributed by atoms with Crippen LogP contribution in [0.25, 0.3) is 0 Å². The van der Waals surface area contributed by atoms with Gasteiger partial charge in [0, 0.05) is 24.7 Å². The summed E-state index contributed by atoms with van der Waals surface area (Å²) < 4.78 is 38.7. The Bertz CT molecular complexity index is 788. The molecule has 0 aliphatic heterocycles. The van der Waals surface area contributed by atoms with E-state index in [4.69, 9.17) is 0 Å². The van der Waals surface area contributed by atoms with Crippen LogP contribution in [0.15, 0.2) is 35.5 Å². The molecule has 1 aromatic heterocycles. The van der Waals surface area contributed by atoms with Crippen molar-refractivity contribution in [2.75, 3.05) is 26.7 Å². The van der Waals surface area contributed by atoms with Gasteiger partial charge in [-0.25, -0.2) is 4.98 Å². The number of hydrogen-bond donors (Lipinski definition) is 2. The van der Waals surface area contributed by atoms with E-state index in [2.05, 4.69) is 25.5 Å². The number of aryl methyl sites for hydroxylation is 1. The lowest BCUT2D eigenvalue weighted by Gasteiger charge is -2.31. The van der Waals surface area contributed by atoms with Crippen LogP contribution < -0.4 is 10.6 Å². The second-order valence-electron chi connectivity index (χ2n) is 6.53. The summed E-state index contributed by atoms with van der Waals surface area (Å²) in [6.07, 6.45) is -2.50. The van der Waals surface area contributed by atoms with Gasteiger partial charge in [0.2, 0.25) is 0 Å². The van der Waals surface area contributed by atoms with E-state index >= 15 is 0 Å². The monoisotopic (exact) mass is 555 g/mol. The predicted molar refractivity (Wildman–Crippen MR) is 128 cm³/mol. The predicted octanol–water partition coefficient (Wildman–Crippen LogP) is 4.84. The van der Waals surface area contributed by atoms with Crippen molar-refractivity contribution in [3.8, 4) is 0 Å². The summed E-state index contributed by atoms with van der Waals surface area (Å²) in [7, 11) is 1.69. The van der Waals surface area contributed by atoms with E-state index in [-0.39, 0.29) is 30.0 Å². The summed E-state index contributed by atoms with van der Waals surface area (Å²) in [6, 6.07) is 5.32. The number of hydrogen-bond acceptors (Lipinski definition) is 4. The number of thiazole rings is 1. The van der Waals surface area contributed by atoms with Gasteiger partial charge < -0.3 is 10.6 Å². The van der Waals surface area contributed by atoms with Crippen LogP contribution in [-0.4, -0.2) is 42.5 Å². The van der Waals surface area contributed by atoms with Gasteiger partial charge >= 0.3 is 6.18 Å². The highest BCUT2D eigenvalue weighted by molar-refractivity contribution is 14.0. The Labute approximate surface area is 197 Å². The van der Waals surface area contributed by atoms with Crippen molar-refractivity contribution in [2.24, 2.45) is 4.99 Å². The molecule has 0 saturated carbocycles. The van der Waals surface area contributed by atoms with Crippen LogP contribution in [0.4, 0.5) is 13.2 Å². The fourth-order valence-corrected chi connectivity index (χ4v) is 3.80. The number of aromatic nitrogens is 1. The van der Waals surface area contributed by atoms with Gasteiger partial charge in [0.25, 0.3) is 0 Å². The molecule has 0 saturated heterocycles. The standard InChI is InChI=1S/C20H28F3N5S.HI/c1-5-28(6-2)17(15-7-9-16(10-8-15)20(21,22)23)12-26-19(24-4)27-13-18-25-11-14(3)29-18;/h7-11,17H,5-6,12-13H2,1-4H3,(H2,24,26,27);1H. The third-order valence-corrected chi connectivity index (χ3v) is 5.55. The molecule has 0 fully saturated rings. The number of alkyl halides is 3. The van der Waals surface area contributed by atoms with Crippen molar-refractivity contribution >= 4 is 41.3 Å². The van der Waals surface area contributed by atoms with Crippen LogP contribution in [0.5, 0.6) is 0 Å². The molecular weight excluding hydrogens is 526 g/mol. The highest BCUT2D eigenvalue weighted by atomic mass is 127. The normalized spacial score (nSPS) is 13.1. The summed E-state index contributed by atoms with van der Waals surface area (Å²) in [6.45, 7) is 8.74. The quantitative estimate of drug-likeness (QED) is 0.278. The van der Waals surface area contributed by atoms with E-state index in [0.717, 1.165) is 40.7 Å². The van der Waals surface area contributed by atoms with Crippen molar-refractivity contribution in [2.45, 2.75) is 39.5 Å². The molecular formula is C20H29F3IN5S. The molecule has 1 aromatic carbocycles. The van der Waals surface area contributed by atoms with Gasteiger partial charge in [-0.15, -0.1) is 35.3 Å². The van der Waals surface area contributed by atoms with E-state index < -0.39 is 11.7 Å². The number of nitrogens with one attached hydrogen (secondary N) is 2. The fourth-order valence-electron chi connectivity index (χ4n) is 3.07. The molecule has 1 unspecified atom stereocenters. The van der Waals surface area contributed by atoms with Crippen LogP contribution in [-0.2, 0) is 12.7 Å². The fraction of sp³-hybridized carbons (Fsp3) is 0.500. The van der Waals surface area contributed by atoms with Gasteiger partial charge in [0.05, 0.1) is 18.2 Å². The van der Waals surface area contributed by atoms with Gasteiger partial charge in [-0.1, -0.05) is 26.0 Å². The molecule has 1 heterocycles. The number of halogens is 4. The number of benzene rings is 1. The Morgan fingerprint density at radius 3 is 2.27 bits per heavy atom. The van der Waals surface area contributed by atoms with Crippen molar-refractivity contribution in [1.29, 1.82) is 0 Å². The number of aliphatic imine (C=N–C) groups is 1. The summed E-state index contributed by atoms with van der Waals surface area (Å²) >= 11 is 1.62. The van der Waals surface area contributed by atoms with Crippen LogP contribution in [0, 0.1) is 6.92 Å². The second kappa shape index (κ2) is 12.5. The molecule has 0 aliphatic rings. The minimum Gasteiger partial charge on any atom is -0.354 e. The molecule has 2 aromatic rings. The van der Waals surface area contributed by atoms with E-state index in [0.29, 0.717) is 19.0 Å². The topological polar surface area (TPSA) is 52.5 Å². The van der Waals surface area contributed by atoms with E-state index in [1.165, 1.54) is 0 Å². The summed E-state index contributed by atoms with van der Waals surface area (Å²) in [4.78, 5) is 11.9. The van der Waals surface area contributed by atoms with Gasteiger partial charge in [-0.2, -0.15) is 13.2 Å². The zero-order valence-electron chi connectivity index (χ0n) is 17.6. The van der Waals surface area contributed by atoms with Crippen LogP contribution in [0.3, 0.4) is 0 Å². The lowest BCUT2D eigenvalue weighted by molar-refractivity contribution is -0.137. The Hall–Kier alpha value is -1.40. The Morgan fingerprint density at radius 1 is 1.17 bits per heavy atom. The minimum atomic E-state index is -4.33. The van der Waals surface area contributed by atoms with E-state index in [1.54, 1.807) is 30.5 Å². The number of rotatable bonds is 8. The smallest absolute Gasteiger partial charge is 0.354 e. The molecule has 5 nitrogen and oxygen atoms in total. The second-order valence-corrected chi connectivity index (χ2v) is 7.85. The Morgan fingerprint density at radius 2 is 1.80 bits per heavy atom. The number of guanidine groups is 1. The van der Waals surface area contributed by atoms with Crippen molar-refractivity contribution in [3.63, 3.8) is 0 Å². The summed E-state index contributed by atoms with van der Waals surface area (Å²) in [5, 5.41) is 7.49. The van der Waals surface area contributed by atoms with Crippen LogP contribution >= 0.6 is 35.3 Å². The Balaban J connectivity index is 0.00000450. The van der Waals surface area contributed by atoms with Gasteiger partial charge in [-0.05, 0) is 37.7 Å². The van der Waals surface area contributed by atoms with Crippen LogP contribution in [0.1, 0.15) is 40.9 Å². The first-order chi connectivity index (χ1) is 13.8. The lowest BCUT2D eigenvalue weighted by Crippen LogP contribution is -2.43. The molecule has 0 aliphatic carbocycles. The molecule has 0 spiro atoms. The summed E-state index contributed by atoms with van der Waals surface area (Å²) in [5.74, 6) is 0.627. The van der Waals surface area contributed by atoms with E-state index in [9.17, 15) is 13.2 Å². The first kappa shape index (κ1) is 26.6. The third kappa shape index (κ3) is 7.69. The molecule has 0 radical (unpaired) electrons. The molecule has 2 rings (SSSR count). The number of likely N-dealkylation sites (N-methyl/N-ethyl adjacent to an activating group) is 1. The van der Waals surface area contributed by atoms with Crippen molar-refractivity contribution in [3.05, 3.63) is 51.5 Å². The van der Waals surface area contributed by atoms with Gasteiger partial charge in [-0.3, -0.25) is 9.89 Å². The molecule has 168 valence electrons. The summed E-state index contributed by atoms with van der Waals surface area (Å²) in [5.41, 5.74) is 0.198. The molecule has 10 heteroatoms. The van der Waals surface area contributed by atoms with E-state index in [1.807, 2.05) is 27.0 Å². The lowest BCUT2D eigenvalue weighted by atomic mass is 10.0. The highest BCUT2D eigenvalue weighted by Gasteiger charge is 2.30. The van der Waals surface area contributed by atoms with Gasteiger partial charge in [0.1, 0.15) is 5.01 Å². The highest BCUT2D eigenvalue weighted by Crippen LogP contribution is 2.30. The zero-order chi connectivity index (χ0) is 21.4. The van der Waals surface area contributed by atoms with Crippen LogP contribution in [0.2, 0.25) is 0 Å². The first-order valence-corrected chi connectivity index (χ1v) is 10.4. The maximum absolute atomic E-state index is 12.9. The molecule has 0 bridgehead atoms. The van der Waals surface area contributed by atoms with Crippen molar-refractivity contribution < 1.29 is 13.2 Å². The first-order valence-electron chi connectivity index (χ1n) is 9.55. The Kier molecular flexibility index (Phi) is 11.1. The van der Waals surface area contributed by atoms with Crippen molar-refractivity contribution in [1.82, 2.24) is 20.5 Å². The average Bonchev–Trinajstić information content (AvgIpc) is 3.12. The number of nitrogens with zero attached hydrogens (tertiary/aromatic N) is 3. The maximum Gasteiger partial charge on any atom is 0.416 e. The third-order valence-electron chi connectivity index (χ3n) is 4.64. The molecule has 30 heavy (non-hydrogen) atoms. The molecule has 2 N–H and O–H groups in total. The molecule has 1 atom stereocenters.